The van der Waals surface area contributed by atoms with E-state index >= 15 is 0 Å². The van der Waals surface area contributed by atoms with Crippen molar-refractivity contribution >= 4 is 45.8 Å². The molecule has 1 unspecified atom stereocenters. The van der Waals surface area contributed by atoms with Crippen molar-refractivity contribution in [1.29, 1.82) is 5.26 Å². The Labute approximate surface area is 188 Å². The summed E-state index contributed by atoms with van der Waals surface area (Å²) in [5.74, 6) is -0.0655. The van der Waals surface area contributed by atoms with Crippen LogP contribution in [0.3, 0.4) is 0 Å². The highest BCUT2D eigenvalue weighted by atomic mass is 32.1. The van der Waals surface area contributed by atoms with Crippen molar-refractivity contribution in [3.8, 4) is 6.07 Å². The molecule has 2 amide bonds. The van der Waals surface area contributed by atoms with Crippen LogP contribution in [-0.4, -0.2) is 36.8 Å². The van der Waals surface area contributed by atoms with Gasteiger partial charge in [-0.25, -0.2) is 4.79 Å². The monoisotopic (exact) mass is 457 g/mol. The van der Waals surface area contributed by atoms with Gasteiger partial charge in [-0.1, -0.05) is 6.07 Å². The molecule has 0 bridgehead atoms. The number of carbonyl (C=O) groups excluding carboxylic acids is 2. The Bertz CT molecular complexity index is 1000. The van der Waals surface area contributed by atoms with Crippen molar-refractivity contribution in [3.63, 3.8) is 0 Å². The first-order chi connectivity index (χ1) is 15.1. The second-order valence-corrected chi connectivity index (χ2v) is 9.57. The molecule has 1 atom stereocenters. The summed E-state index contributed by atoms with van der Waals surface area (Å²) in [4.78, 5) is 31.9. The van der Waals surface area contributed by atoms with Gasteiger partial charge in [-0.3, -0.25) is 9.63 Å². The molecular formula is C22H23N3O4S2. The minimum Gasteiger partial charge on any atom is -0.448 e. The first-order valence-corrected chi connectivity index (χ1v) is 12.0. The SMILES string of the molecule is N#Cc1c(NC(=O)/C=C/c2cccs2)sc2c1CCC(COC(=O)N1CCCCO1)C2. The molecule has 1 saturated heterocycles. The molecule has 0 saturated carbocycles. The molecule has 1 N–H and O–H groups in total. The van der Waals surface area contributed by atoms with E-state index in [1.165, 1.54) is 22.5 Å². The Hall–Kier alpha value is -2.67. The lowest BCUT2D eigenvalue weighted by Gasteiger charge is -2.27. The number of nitriles is 1. The zero-order valence-corrected chi connectivity index (χ0v) is 18.6. The number of amides is 2. The zero-order valence-electron chi connectivity index (χ0n) is 17.0. The molecule has 2 aromatic rings. The van der Waals surface area contributed by atoms with Crippen LogP contribution < -0.4 is 5.32 Å². The third-order valence-electron chi connectivity index (χ3n) is 5.31. The number of carbonyl (C=O) groups is 2. The van der Waals surface area contributed by atoms with Gasteiger partial charge in [0, 0.05) is 15.8 Å². The van der Waals surface area contributed by atoms with Gasteiger partial charge in [0.25, 0.3) is 0 Å². The summed E-state index contributed by atoms with van der Waals surface area (Å²) in [6, 6.07) is 6.11. The third kappa shape index (κ3) is 5.34. The van der Waals surface area contributed by atoms with Crippen LogP contribution >= 0.6 is 22.7 Å². The lowest BCUT2D eigenvalue weighted by molar-refractivity contribution is -0.157. The van der Waals surface area contributed by atoms with Gasteiger partial charge in [0.15, 0.2) is 0 Å². The minimum absolute atomic E-state index is 0.189. The average molecular weight is 458 g/mol. The Morgan fingerprint density at radius 2 is 2.32 bits per heavy atom. The predicted octanol–water partition coefficient (Wildman–Crippen LogP) is 4.60. The molecule has 0 aromatic carbocycles. The molecule has 9 heteroatoms. The van der Waals surface area contributed by atoms with Crippen LogP contribution in [0.1, 0.15) is 40.1 Å². The van der Waals surface area contributed by atoms with E-state index in [2.05, 4.69) is 11.4 Å². The predicted molar refractivity (Wildman–Crippen MR) is 120 cm³/mol. The first kappa shape index (κ1) is 21.6. The van der Waals surface area contributed by atoms with E-state index in [0.29, 0.717) is 30.3 Å². The van der Waals surface area contributed by atoms with Gasteiger partial charge in [0.2, 0.25) is 5.91 Å². The molecule has 162 valence electrons. The topological polar surface area (TPSA) is 91.7 Å². The maximum atomic E-state index is 12.3. The van der Waals surface area contributed by atoms with Crippen LogP contribution in [0.4, 0.5) is 9.80 Å². The van der Waals surface area contributed by atoms with Crippen LogP contribution in [0.2, 0.25) is 0 Å². The van der Waals surface area contributed by atoms with E-state index in [4.69, 9.17) is 9.57 Å². The van der Waals surface area contributed by atoms with Crippen LogP contribution in [0.25, 0.3) is 6.08 Å². The number of hydrogen-bond acceptors (Lipinski definition) is 7. The number of hydrogen-bond donors (Lipinski definition) is 1. The lowest BCUT2D eigenvalue weighted by Crippen LogP contribution is -2.37. The number of nitrogens with one attached hydrogen (secondary N) is 1. The summed E-state index contributed by atoms with van der Waals surface area (Å²) in [7, 11) is 0. The molecule has 2 aliphatic rings. The smallest absolute Gasteiger partial charge is 0.433 e. The summed E-state index contributed by atoms with van der Waals surface area (Å²) < 4.78 is 5.45. The summed E-state index contributed by atoms with van der Waals surface area (Å²) in [6.45, 7) is 1.43. The van der Waals surface area contributed by atoms with Crippen molar-refractivity contribution in [2.24, 2.45) is 5.92 Å². The summed E-state index contributed by atoms with van der Waals surface area (Å²) >= 11 is 3.00. The van der Waals surface area contributed by atoms with Crippen molar-refractivity contribution in [2.75, 3.05) is 25.1 Å². The number of rotatable bonds is 5. The summed E-state index contributed by atoms with van der Waals surface area (Å²) in [5, 5.41) is 16.3. The molecule has 0 spiro atoms. The summed E-state index contributed by atoms with van der Waals surface area (Å²) in [5.41, 5.74) is 1.56. The van der Waals surface area contributed by atoms with E-state index in [0.717, 1.165) is 47.4 Å². The summed E-state index contributed by atoms with van der Waals surface area (Å²) in [6.07, 6.45) is 6.98. The van der Waals surface area contributed by atoms with Crippen LogP contribution in [0.5, 0.6) is 0 Å². The molecule has 2 aromatic heterocycles. The van der Waals surface area contributed by atoms with Crippen molar-refractivity contribution in [3.05, 3.63) is 44.5 Å². The highest BCUT2D eigenvalue weighted by Crippen LogP contribution is 2.39. The van der Waals surface area contributed by atoms with Gasteiger partial charge >= 0.3 is 6.09 Å². The van der Waals surface area contributed by atoms with Gasteiger partial charge in [-0.15, -0.1) is 22.7 Å². The standard InChI is InChI=1S/C22H23N3O4S2/c23-13-18-17-7-5-15(14-28-22(27)25-9-1-2-10-29-25)12-19(17)31-21(18)24-20(26)8-6-16-4-3-11-30-16/h3-4,6,8,11,15H,1-2,5,7,9-10,12,14H2,(H,24,26)/b8-6+. The molecule has 1 aliphatic heterocycles. The second kappa shape index (κ2) is 10.1. The van der Waals surface area contributed by atoms with E-state index in [9.17, 15) is 14.9 Å². The fourth-order valence-corrected chi connectivity index (χ4v) is 5.64. The van der Waals surface area contributed by atoms with Crippen molar-refractivity contribution in [2.45, 2.75) is 32.1 Å². The van der Waals surface area contributed by atoms with E-state index < -0.39 is 6.09 Å². The zero-order chi connectivity index (χ0) is 21.6. The third-order valence-corrected chi connectivity index (χ3v) is 7.31. The van der Waals surface area contributed by atoms with Gasteiger partial charge in [0.05, 0.1) is 25.3 Å². The number of nitrogens with zero attached hydrogens (tertiary/aromatic N) is 2. The molecule has 1 aliphatic carbocycles. The Balaban J connectivity index is 1.36. The van der Waals surface area contributed by atoms with E-state index in [-0.39, 0.29) is 11.8 Å². The van der Waals surface area contributed by atoms with Gasteiger partial charge in [0.1, 0.15) is 11.1 Å². The van der Waals surface area contributed by atoms with E-state index in [1.54, 1.807) is 17.4 Å². The molecular weight excluding hydrogens is 434 g/mol. The molecule has 7 nitrogen and oxygen atoms in total. The maximum Gasteiger partial charge on any atom is 0.433 e. The van der Waals surface area contributed by atoms with E-state index in [1.807, 2.05) is 17.5 Å². The minimum atomic E-state index is -0.431. The van der Waals surface area contributed by atoms with Crippen molar-refractivity contribution < 1.29 is 19.2 Å². The first-order valence-electron chi connectivity index (χ1n) is 10.3. The maximum absolute atomic E-state index is 12.3. The molecule has 4 rings (SSSR count). The van der Waals surface area contributed by atoms with Crippen molar-refractivity contribution in [1.82, 2.24) is 5.06 Å². The molecule has 31 heavy (non-hydrogen) atoms. The van der Waals surface area contributed by atoms with Crippen LogP contribution in [0, 0.1) is 17.2 Å². The molecule has 3 heterocycles. The number of hydroxylamine groups is 2. The quantitative estimate of drug-likeness (QED) is 0.663. The fourth-order valence-electron chi connectivity index (χ4n) is 3.70. The average Bonchev–Trinajstić information content (AvgIpc) is 3.43. The number of fused-ring (bicyclic) bond motifs is 1. The highest BCUT2D eigenvalue weighted by Gasteiger charge is 2.28. The molecule has 0 radical (unpaired) electrons. The highest BCUT2D eigenvalue weighted by molar-refractivity contribution is 7.16. The lowest BCUT2D eigenvalue weighted by atomic mass is 9.88. The number of anilines is 1. The van der Waals surface area contributed by atoms with Gasteiger partial charge in [-0.05, 0) is 61.1 Å². The van der Waals surface area contributed by atoms with Gasteiger partial charge in [-0.2, -0.15) is 10.3 Å². The van der Waals surface area contributed by atoms with Crippen LogP contribution in [-0.2, 0) is 27.2 Å². The fraction of sp³-hybridized carbons (Fsp3) is 0.409. The largest absolute Gasteiger partial charge is 0.448 e. The van der Waals surface area contributed by atoms with Gasteiger partial charge < -0.3 is 10.1 Å². The molecule has 1 fully saturated rings. The number of thiophene rings is 2. The second-order valence-electron chi connectivity index (χ2n) is 7.49. The van der Waals surface area contributed by atoms with Crippen LogP contribution in [0.15, 0.2) is 23.6 Å². The Morgan fingerprint density at radius 1 is 1.42 bits per heavy atom. The Kier molecular flexibility index (Phi) is 7.02. The number of ether oxygens (including phenoxy) is 1. The normalized spacial score (nSPS) is 18.4. The Morgan fingerprint density at radius 3 is 3.06 bits per heavy atom.